The molecule has 4 nitrogen and oxygen atoms in total. The lowest BCUT2D eigenvalue weighted by Crippen LogP contribution is -2.40. The van der Waals surface area contributed by atoms with Crippen LogP contribution in [0.5, 0.6) is 11.5 Å². The largest absolute Gasteiger partial charge is 0.497 e. The Balaban J connectivity index is 1.37. The minimum absolute atomic E-state index is 0.0867. The number of nitrogens with two attached hydrogens (primary N) is 1. The Bertz CT molecular complexity index is 821. The molecule has 1 fully saturated rings. The number of rotatable bonds is 6. The number of fused-ring (bicyclic) bond motifs is 1. The molecular weight excluding hydrogens is 350 g/mol. The van der Waals surface area contributed by atoms with Gasteiger partial charge in [-0.05, 0) is 79.2 Å². The zero-order valence-corrected chi connectivity index (χ0v) is 16.7. The molecule has 0 spiro atoms. The molecule has 2 aliphatic rings. The van der Waals surface area contributed by atoms with Gasteiger partial charge in [0.2, 0.25) is 0 Å². The average Bonchev–Trinajstić information content (AvgIpc) is 3.14. The highest BCUT2D eigenvalue weighted by Crippen LogP contribution is 2.40. The predicted octanol–water partition coefficient (Wildman–Crippen LogP) is 3.84. The van der Waals surface area contributed by atoms with Crippen molar-refractivity contribution in [3.05, 3.63) is 59.2 Å². The van der Waals surface area contributed by atoms with Crippen LogP contribution in [0.25, 0.3) is 0 Å². The van der Waals surface area contributed by atoms with Gasteiger partial charge in [-0.3, -0.25) is 0 Å². The van der Waals surface area contributed by atoms with Crippen molar-refractivity contribution >= 4 is 0 Å². The smallest absolute Gasteiger partial charge is 0.122 e. The summed E-state index contributed by atoms with van der Waals surface area (Å²) >= 11 is 0. The van der Waals surface area contributed by atoms with Gasteiger partial charge in [-0.1, -0.05) is 24.3 Å². The summed E-state index contributed by atoms with van der Waals surface area (Å²) in [5.74, 6) is 2.73. The molecule has 4 heteroatoms. The van der Waals surface area contributed by atoms with Crippen molar-refractivity contribution in [1.29, 1.82) is 0 Å². The molecule has 0 heterocycles. The SMILES string of the molecule is COc1cccc(OC[C@@H]2CCc3cc([C@H]4CC[C@@](N)(CO)C4)ccc3C2)c1. The molecule has 28 heavy (non-hydrogen) atoms. The summed E-state index contributed by atoms with van der Waals surface area (Å²) < 4.78 is 11.3. The summed E-state index contributed by atoms with van der Waals surface area (Å²) in [5.41, 5.74) is 10.2. The van der Waals surface area contributed by atoms with Crippen LogP contribution in [0.3, 0.4) is 0 Å². The third-order valence-electron chi connectivity index (χ3n) is 6.52. The van der Waals surface area contributed by atoms with Crippen molar-refractivity contribution in [3.8, 4) is 11.5 Å². The first kappa shape index (κ1) is 19.3. The second-order valence-electron chi connectivity index (χ2n) is 8.59. The quantitative estimate of drug-likeness (QED) is 0.798. The molecule has 4 rings (SSSR count). The Morgan fingerprint density at radius 2 is 1.96 bits per heavy atom. The lowest BCUT2D eigenvalue weighted by Gasteiger charge is -2.26. The molecule has 0 radical (unpaired) electrons. The first-order valence-electron chi connectivity index (χ1n) is 10.4. The monoisotopic (exact) mass is 381 g/mol. The number of hydrogen-bond acceptors (Lipinski definition) is 4. The van der Waals surface area contributed by atoms with E-state index in [1.807, 2.05) is 24.3 Å². The summed E-state index contributed by atoms with van der Waals surface area (Å²) in [6, 6.07) is 14.8. The minimum atomic E-state index is -0.386. The van der Waals surface area contributed by atoms with E-state index >= 15 is 0 Å². The van der Waals surface area contributed by atoms with E-state index < -0.39 is 0 Å². The van der Waals surface area contributed by atoms with Gasteiger partial charge in [0.1, 0.15) is 11.5 Å². The number of aliphatic hydroxyl groups is 1. The van der Waals surface area contributed by atoms with Crippen LogP contribution in [0.4, 0.5) is 0 Å². The van der Waals surface area contributed by atoms with Crippen LogP contribution >= 0.6 is 0 Å². The molecule has 2 aliphatic carbocycles. The summed E-state index contributed by atoms with van der Waals surface area (Å²) in [4.78, 5) is 0. The molecule has 0 aromatic heterocycles. The minimum Gasteiger partial charge on any atom is -0.497 e. The van der Waals surface area contributed by atoms with E-state index in [0.717, 1.165) is 56.6 Å². The Morgan fingerprint density at radius 3 is 2.75 bits per heavy atom. The maximum absolute atomic E-state index is 9.53. The number of hydrogen-bond donors (Lipinski definition) is 2. The molecule has 2 aromatic carbocycles. The Kier molecular flexibility index (Phi) is 5.61. The van der Waals surface area contributed by atoms with E-state index in [2.05, 4.69) is 18.2 Å². The molecule has 3 N–H and O–H groups in total. The van der Waals surface area contributed by atoms with Crippen molar-refractivity contribution in [2.24, 2.45) is 11.7 Å². The fraction of sp³-hybridized carbons (Fsp3) is 0.500. The van der Waals surface area contributed by atoms with Crippen LogP contribution in [0, 0.1) is 5.92 Å². The Morgan fingerprint density at radius 1 is 1.11 bits per heavy atom. The van der Waals surface area contributed by atoms with Crippen LogP contribution in [0.1, 0.15) is 48.3 Å². The fourth-order valence-electron chi connectivity index (χ4n) is 4.74. The van der Waals surface area contributed by atoms with Crippen molar-refractivity contribution in [1.82, 2.24) is 0 Å². The van der Waals surface area contributed by atoms with Crippen LogP contribution in [0.15, 0.2) is 42.5 Å². The van der Waals surface area contributed by atoms with E-state index in [9.17, 15) is 5.11 Å². The first-order chi connectivity index (χ1) is 13.6. The van der Waals surface area contributed by atoms with Gasteiger partial charge in [-0.2, -0.15) is 0 Å². The summed E-state index contributed by atoms with van der Waals surface area (Å²) in [5, 5.41) is 9.53. The van der Waals surface area contributed by atoms with Gasteiger partial charge < -0.3 is 20.3 Å². The molecular formula is C24H31NO3. The number of aliphatic hydroxyl groups excluding tert-OH is 1. The zero-order chi connectivity index (χ0) is 19.6. The van der Waals surface area contributed by atoms with Gasteiger partial charge >= 0.3 is 0 Å². The summed E-state index contributed by atoms with van der Waals surface area (Å²) in [6.45, 7) is 0.826. The normalized spacial score (nSPS) is 26.7. The summed E-state index contributed by atoms with van der Waals surface area (Å²) in [7, 11) is 1.67. The molecule has 3 atom stereocenters. The molecule has 0 bridgehead atoms. The van der Waals surface area contributed by atoms with Crippen molar-refractivity contribution < 1.29 is 14.6 Å². The van der Waals surface area contributed by atoms with Crippen molar-refractivity contribution in [2.45, 2.75) is 50.0 Å². The van der Waals surface area contributed by atoms with Crippen molar-refractivity contribution in [3.63, 3.8) is 0 Å². The van der Waals surface area contributed by atoms with Crippen LogP contribution in [-0.4, -0.2) is 31.0 Å². The van der Waals surface area contributed by atoms with Gasteiger partial charge in [-0.15, -0.1) is 0 Å². The van der Waals surface area contributed by atoms with Gasteiger partial charge in [0.15, 0.2) is 0 Å². The molecule has 0 amide bonds. The first-order valence-corrected chi connectivity index (χ1v) is 10.4. The average molecular weight is 382 g/mol. The second-order valence-corrected chi connectivity index (χ2v) is 8.59. The van der Waals surface area contributed by atoms with Gasteiger partial charge in [0.25, 0.3) is 0 Å². The maximum atomic E-state index is 9.53. The molecule has 0 saturated heterocycles. The Hall–Kier alpha value is -2.04. The lowest BCUT2D eigenvalue weighted by molar-refractivity contribution is 0.198. The third kappa shape index (κ3) is 4.18. The van der Waals surface area contributed by atoms with Gasteiger partial charge in [0, 0.05) is 11.6 Å². The van der Waals surface area contributed by atoms with Gasteiger partial charge in [0.05, 0.1) is 20.3 Å². The van der Waals surface area contributed by atoms with Crippen LogP contribution in [-0.2, 0) is 12.8 Å². The number of methoxy groups -OCH3 is 1. The highest BCUT2D eigenvalue weighted by Gasteiger charge is 2.36. The van der Waals surface area contributed by atoms with E-state index in [1.54, 1.807) is 7.11 Å². The maximum Gasteiger partial charge on any atom is 0.122 e. The number of ether oxygens (including phenoxy) is 2. The van der Waals surface area contributed by atoms with E-state index in [0.29, 0.717) is 11.8 Å². The number of aryl methyl sites for hydroxylation is 1. The second kappa shape index (κ2) is 8.14. The van der Waals surface area contributed by atoms with Crippen LogP contribution < -0.4 is 15.2 Å². The zero-order valence-electron chi connectivity index (χ0n) is 16.7. The van der Waals surface area contributed by atoms with E-state index in [-0.39, 0.29) is 12.1 Å². The molecule has 0 unspecified atom stereocenters. The highest BCUT2D eigenvalue weighted by molar-refractivity contribution is 5.37. The van der Waals surface area contributed by atoms with Crippen molar-refractivity contribution in [2.75, 3.05) is 20.3 Å². The van der Waals surface area contributed by atoms with E-state index in [1.165, 1.54) is 16.7 Å². The Labute approximate surface area is 167 Å². The molecule has 1 saturated carbocycles. The third-order valence-corrected chi connectivity index (χ3v) is 6.52. The molecule has 2 aromatic rings. The predicted molar refractivity (Wildman–Crippen MR) is 111 cm³/mol. The standard InChI is InChI=1S/C24H31NO3/c1-27-22-3-2-4-23(13-22)28-15-17-5-6-19-12-20(8-7-18(19)11-17)21-9-10-24(25,14-21)16-26/h2-4,7-8,12-13,17,21,26H,5-6,9-11,14-16,25H2,1H3/t17-,21+,24+/m1/s1. The topological polar surface area (TPSA) is 64.7 Å². The summed E-state index contributed by atoms with van der Waals surface area (Å²) in [6.07, 6.45) is 6.21. The number of benzene rings is 2. The van der Waals surface area contributed by atoms with Crippen LogP contribution in [0.2, 0.25) is 0 Å². The highest BCUT2D eigenvalue weighted by atomic mass is 16.5. The molecule has 0 aliphatic heterocycles. The lowest BCUT2D eigenvalue weighted by atomic mass is 9.82. The molecule has 150 valence electrons. The van der Waals surface area contributed by atoms with E-state index in [4.69, 9.17) is 15.2 Å². The van der Waals surface area contributed by atoms with Gasteiger partial charge in [-0.25, -0.2) is 0 Å². The fourth-order valence-corrected chi connectivity index (χ4v) is 4.74.